The van der Waals surface area contributed by atoms with E-state index in [4.69, 9.17) is 5.73 Å². The van der Waals surface area contributed by atoms with Gasteiger partial charge in [-0.25, -0.2) is 0 Å². The second-order valence-electron chi connectivity index (χ2n) is 7.30. The molecule has 130 valence electrons. The predicted molar refractivity (Wildman–Crippen MR) is 97.2 cm³/mol. The minimum Gasteiger partial charge on any atom is -0.370 e. The fourth-order valence-corrected chi connectivity index (χ4v) is 3.16. The fourth-order valence-electron chi connectivity index (χ4n) is 3.16. The number of piperidine rings is 1. The molecule has 0 aromatic carbocycles. The number of hydrogen-bond acceptors (Lipinski definition) is 2. The topological polar surface area (TPSA) is 53.6 Å². The summed E-state index contributed by atoms with van der Waals surface area (Å²) in [6.45, 7) is 13.6. The maximum atomic E-state index is 6.00. The Bertz CT molecular complexity index is 306. The Morgan fingerprint density at radius 2 is 1.91 bits per heavy atom. The molecular weight excluding hydrogens is 272 g/mol. The van der Waals surface area contributed by atoms with Crippen LogP contribution < -0.4 is 11.1 Å². The first-order valence-corrected chi connectivity index (χ1v) is 9.30. The van der Waals surface area contributed by atoms with Crippen LogP contribution in [0, 0.1) is 11.8 Å². The zero-order valence-corrected chi connectivity index (χ0v) is 15.3. The molecule has 1 unspecified atom stereocenters. The molecule has 1 fully saturated rings. The lowest BCUT2D eigenvalue weighted by atomic mass is 9.94. The van der Waals surface area contributed by atoms with Crippen LogP contribution in [0.3, 0.4) is 0 Å². The number of hydrogen-bond donors (Lipinski definition) is 2. The van der Waals surface area contributed by atoms with Crippen molar-refractivity contribution in [3.63, 3.8) is 0 Å². The van der Waals surface area contributed by atoms with Crippen molar-refractivity contribution in [2.24, 2.45) is 22.6 Å². The molecule has 1 heterocycles. The molecule has 0 aromatic heterocycles. The Morgan fingerprint density at radius 1 is 1.23 bits per heavy atom. The molecule has 4 nitrogen and oxygen atoms in total. The fraction of sp³-hybridized carbons (Fsp3) is 0.944. The molecule has 0 amide bonds. The van der Waals surface area contributed by atoms with Crippen molar-refractivity contribution in [2.75, 3.05) is 26.2 Å². The van der Waals surface area contributed by atoms with Gasteiger partial charge in [0.2, 0.25) is 0 Å². The Labute approximate surface area is 137 Å². The molecule has 1 aliphatic heterocycles. The maximum absolute atomic E-state index is 6.00. The third-order valence-corrected chi connectivity index (χ3v) is 4.79. The minimum absolute atomic E-state index is 0.426. The Morgan fingerprint density at radius 3 is 2.50 bits per heavy atom. The van der Waals surface area contributed by atoms with E-state index in [0.717, 1.165) is 18.4 Å². The van der Waals surface area contributed by atoms with Gasteiger partial charge < -0.3 is 16.0 Å². The van der Waals surface area contributed by atoms with Crippen LogP contribution in [0.4, 0.5) is 0 Å². The van der Waals surface area contributed by atoms with Gasteiger partial charge in [0.05, 0.1) is 0 Å². The number of nitrogens with one attached hydrogen (secondary N) is 1. The van der Waals surface area contributed by atoms with Crippen molar-refractivity contribution in [1.29, 1.82) is 0 Å². The van der Waals surface area contributed by atoms with Crippen LogP contribution in [0.15, 0.2) is 4.99 Å². The normalized spacial score (nSPS) is 19.6. The lowest BCUT2D eigenvalue weighted by Gasteiger charge is -2.30. The largest absolute Gasteiger partial charge is 0.370 e. The number of rotatable bonds is 9. The van der Waals surface area contributed by atoms with E-state index in [1.165, 1.54) is 58.2 Å². The standard InChI is InChI=1S/C18H38N4/c1-5-22-13-10-17(11-14-22)9-12-20-18(19)21-16(4)8-6-7-15(2)3/h15-17H,5-14H2,1-4H3,(H3,19,20,21). The first-order valence-electron chi connectivity index (χ1n) is 9.30. The van der Waals surface area contributed by atoms with Gasteiger partial charge in [0.25, 0.3) is 0 Å². The van der Waals surface area contributed by atoms with Gasteiger partial charge in [-0.15, -0.1) is 0 Å². The van der Waals surface area contributed by atoms with Crippen molar-refractivity contribution >= 4 is 5.96 Å². The van der Waals surface area contributed by atoms with Crippen LogP contribution in [0.25, 0.3) is 0 Å². The van der Waals surface area contributed by atoms with Gasteiger partial charge in [0.1, 0.15) is 0 Å². The number of nitrogens with zero attached hydrogens (tertiary/aromatic N) is 2. The number of guanidine groups is 1. The molecule has 3 N–H and O–H groups in total. The quantitative estimate of drug-likeness (QED) is 0.508. The van der Waals surface area contributed by atoms with Gasteiger partial charge in [-0.2, -0.15) is 0 Å². The Balaban J connectivity index is 2.12. The second-order valence-corrected chi connectivity index (χ2v) is 7.30. The van der Waals surface area contributed by atoms with E-state index < -0.39 is 0 Å². The molecule has 1 atom stereocenters. The van der Waals surface area contributed by atoms with Crippen LogP contribution in [-0.2, 0) is 0 Å². The summed E-state index contributed by atoms with van der Waals surface area (Å²) < 4.78 is 0. The Kier molecular flexibility index (Phi) is 9.53. The van der Waals surface area contributed by atoms with Crippen molar-refractivity contribution in [2.45, 2.75) is 72.3 Å². The Hall–Kier alpha value is -0.770. The summed E-state index contributed by atoms with van der Waals surface area (Å²) in [7, 11) is 0. The first kappa shape index (κ1) is 19.3. The van der Waals surface area contributed by atoms with Gasteiger partial charge in [0, 0.05) is 12.6 Å². The summed E-state index contributed by atoms with van der Waals surface area (Å²) in [5.74, 6) is 2.25. The van der Waals surface area contributed by atoms with E-state index in [1.807, 2.05) is 0 Å². The molecule has 0 aliphatic carbocycles. The summed E-state index contributed by atoms with van der Waals surface area (Å²) in [5, 5.41) is 3.33. The van der Waals surface area contributed by atoms with E-state index in [2.05, 4.69) is 42.9 Å². The smallest absolute Gasteiger partial charge is 0.188 e. The van der Waals surface area contributed by atoms with Gasteiger partial charge in [-0.1, -0.05) is 33.6 Å². The molecule has 0 aromatic rings. The number of nitrogens with two attached hydrogens (primary N) is 1. The highest BCUT2D eigenvalue weighted by Gasteiger charge is 2.17. The average molecular weight is 311 g/mol. The maximum Gasteiger partial charge on any atom is 0.188 e. The summed E-state index contributed by atoms with van der Waals surface area (Å²) in [4.78, 5) is 7.05. The van der Waals surface area contributed by atoms with Crippen LogP contribution in [0.1, 0.15) is 66.2 Å². The molecule has 22 heavy (non-hydrogen) atoms. The molecule has 4 heteroatoms. The second kappa shape index (κ2) is 10.9. The molecule has 0 saturated carbocycles. The third-order valence-electron chi connectivity index (χ3n) is 4.79. The van der Waals surface area contributed by atoms with Crippen molar-refractivity contribution < 1.29 is 0 Å². The van der Waals surface area contributed by atoms with Gasteiger partial charge in [-0.05, 0) is 64.1 Å². The third kappa shape index (κ3) is 8.62. The lowest BCUT2D eigenvalue weighted by molar-refractivity contribution is 0.188. The SMILES string of the molecule is CCN1CCC(CCN=C(N)NC(C)CCCC(C)C)CC1. The molecule has 1 aliphatic rings. The van der Waals surface area contributed by atoms with Gasteiger partial charge in [0.15, 0.2) is 5.96 Å². The van der Waals surface area contributed by atoms with Crippen LogP contribution >= 0.6 is 0 Å². The van der Waals surface area contributed by atoms with E-state index in [-0.39, 0.29) is 0 Å². The minimum atomic E-state index is 0.426. The summed E-state index contributed by atoms with van der Waals surface area (Å²) in [6.07, 6.45) is 7.55. The van der Waals surface area contributed by atoms with Crippen molar-refractivity contribution in [3.05, 3.63) is 0 Å². The molecule has 1 saturated heterocycles. The van der Waals surface area contributed by atoms with Crippen molar-refractivity contribution in [1.82, 2.24) is 10.2 Å². The first-order chi connectivity index (χ1) is 10.5. The van der Waals surface area contributed by atoms with Crippen molar-refractivity contribution in [3.8, 4) is 0 Å². The summed E-state index contributed by atoms with van der Waals surface area (Å²) in [6, 6.07) is 0.426. The zero-order chi connectivity index (χ0) is 16.4. The zero-order valence-electron chi connectivity index (χ0n) is 15.3. The van der Waals surface area contributed by atoms with Crippen LogP contribution in [0.5, 0.6) is 0 Å². The summed E-state index contributed by atoms with van der Waals surface area (Å²) >= 11 is 0. The average Bonchev–Trinajstić information content (AvgIpc) is 2.47. The molecule has 0 spiro atoms. The van der Waals surface area contributed by atoms with E-state index in [9.17, 15) is 0 Å². The highest BCUT2D eigenvalue weighted by atomic mass is 15.1. The number of likely N-dealkylation sites (tertiary alicyclic amines) is 1. The van der Waals surface area contributed by atoms with Gasteiger partial charge >= 0.3 is 0 Å². The monoisotopic (exact) mass is 310 g/mol. The van der Waals surface area contributed by atoms with Crippen LogP contribution in [-0.4, -0.2) is 43.1 Å². The lowest BCUT2D eigenvalue weighted by Crippen LogP contribution is -2.38. The predicted octanol–water partition coefficient (Wildman–Crippen LogP) is 3.23. The van der Waals surface area contributed by atoms with Gasteiger partial charge in [-0.3, -0.25) is 4.99 Å². The van der Waals surface area contributed by atoms with E-state index >= 15 is 0 Å². The van der Waals surface area contributed by atoms with E-state index in [1.54, 1.807) is 0 Å². The highest BCUT2D eigenvalue weighted by molar-refractivity contribution is 5.78. The van der Waals surface area contributed by atoms with E-state index in [0.29, 0.717) is 12.0 Å². The highest BCUT2D eigenvalue weighted by Crippen LogP contribution is 2.20. The summed E-state index contributed by atoms with van der Waals surface area (Å²) in [5.41, 5.74) is 6.00. The number of aliphatic imine (C=N–C) groups is 1. The van der Waals surface area contributed by atoms with Crippen LogP contribution in [0.2, 0.25) is 0 Å². The molecule has 1 rings (SSSR count). The molecule has 0 bridgehead atoms. The molecule has 0 radical (unpaired) electrons. The molecular formula is C18H38N4.